The average Bonchev–Trinajstić information content (AvgIpc) is 2.99. The van der Waals surface area contributed by atoms with Gasteiger partial charge in [-0.05, 0) is 53.8 Å². The van der Waals surface area contributed by atoms with Crippen molar-refractivity contribution in [1.29, 1.82) is 0 Å². The number of rotatable bonds is 2. The van der Waals surface area contributed by atoms with Gasteiger partial charge in [-0.25, -0.2) is 19.4 Å². The number of alkyl halides is 6. The lowest BCUT2D eigenvalue weighted by Gasteiger charge is -2.33. The van der Waals surface area contributed by atoms with Gasteiger partial charge in [0.25, 0.3) is 0 Å². The van der Waals surface area contributed by atoms with Gasteiger partial charge in [-0.15, -0.1) is 0 Å². The number of amides is 1. The van der Waals surface area contributed by atoms with Gasteiger partial charge in [-0.2, -0.15) is 31.3 Å². The molecular weight excluding hydrogens is 666 g/mol. The van der Waals surface area contributed by atoms with E-state index in [9.17, 15) is 36.2 Å². The van der Waals surface area contributed by atoms with E-state index in [4.69, 9.17) is 31.4 Å². The van der Waals surface area contributed by atoms with Crippen LogP contribution in [0.15, 0.2) is 48.7 Å². The summed E-state index contributed by atoms with van der Waals surface area (Å²) in [6.45, 7) is 3.35. The number of aryl methyl sites for hydroxylation is 2. The molecule has 1 amide bonds. The highest BCUT2D eigenvalue weighted by Crippen LogP contribution is 2.28. The van der Waals surface area contributed by atoms with E-state index in [1.54, 1.807) is 6.20 Å². The molecule has 0 unspecified atom stereocenters. The quantitative estimate of drug-likeness (QED) is 0.207. The van der Waals surface area contributed by atoms with E-state index >= 15 is 0 Å². The summed E-state index contributed by atoms with van der Waals surface area (Å²) in [5, 5.41) is 30.5. The van der Waals surface area contributed by atoms with Crippen molar-refractivity contribution in [3.8, 4) is 0 Å². The Labute approximate surface area is 267 Å². The van der Waals surface area contributed by atoms with Crippen LogP contribution in [-0.2, 0) is 29.0 Å². The molecule has 2 aromatic carbocycles. The Kier molecular flexibility index (Phi) is 12.2. The molecule has 5 rings (SSSR count). The lowest BCUT2D eigenvalue weighted by molar-refractivity contribution is -0.193. The summed E-state index contributed by atoms with van der Waals surface area (Å²) in [6.07, 6.45) is -7.63. The Morgan fingerprint density at radius 3 is 2.00 bits per heavy atom. The van der Waals surface area contributed by atoms with Crippen LogP contribution in [0.1, 0.15) is 16.7 Å². The van der Waals surface area contributed by atoms with Gasteiger partial charge in [0.1, 0.15) is 5.02 Å². The van der Waals surface area contributed by atoms with E-state index in [0.717, 1.165) is 43.9 Å². The van der Waals surface area contributed by atoms with E-state index in [-0.39, 0.29) is 0 Å². The predicted molar refractivity (Wildman–Crippen MR) is 156 cm³/mol. The lowest BCUT2D eigenvalue weighted by atomic mass is 9.98. The molecule has 1 aromatic heterocycles. The summed E-state index contributed by atoms with van der Waals surface area (Å²) in [4.78, 5) is 41.7. The number of carbonyl (C=O) groups is 3. The van der Waals surface area contributed by atoms with Gasteiger partial charge in [-0.3, -0.25) is 4.90 Å². The van der Waals surface area contributed by atoms with Crippen LogP contribution in [0, 0.1) is 0 Å². The number of piperazine rings is 1. The zero-order valence-corrected chi connectivity index (χ0v) is 24.8. The first-order chi connectivity index (χ1) is 21.9. The van der Waals surface area contributed by atoms with Crippen molar-refractivity contribution in [3.63, 3.8) is 0 Å². The van der Waals surface area contributed by atoms with E-state index in [1.165, 1.54) is 21.6 Å². The van der Waals surface area contributed by atoms with Crippen LogP contribution in [0.5, 0.6) is 0 Å². The van der Waals surface area contributed by atoms with E-state index in [1.807, 2.05) is 18.2 Å². The van der Waals surface area contributed by atoms with Gasteiger partial charge in [0.15, 0.2) is 5.82 Å². The second-order valence-corrected chi connectivity index (χ2v) is 10.4. The summed E-state index contributed by atoms with van der Waals surface area (Å²) >= 11 is 6.36. The fourth-order valence-corrected chi connectivity index (χ4v) is 4.43. The molecule has 0 saturated carbocycles. The second kappa shape index (κ2) is 15.6. The van der Waals surface area contributed by atoms with Gasteiger partial charge in [0.05, 0.1) is 6.20 Å². The molecule has 1 saturated heterocycles. The SMILES string of the molecule is O=C(O)C(F)(F)F.O=C(O)C(F)(F)F.O=C(O)N1CCN(Cc2ccc3cc2CCc2cccc(c2)Nc2ncc(Cl)c(n2)N3)CC1. The van der Waals surface area contributed by atoms with Crippen LogP contribution >= 0.6 is 11.6 Å². The number of hydrogen-bond donors (Lipinski definition) is 5. The third-order valence-corrected chi connectivity index (χ3v) is 6.88. The first-order valence-corrected chi connectivity index (χ1v) is 13.9. The summed E-state index contributed by atoms with van der Waals surface area (Å²) in [5.74, 6) is -4.48. The number of nitrogens with zero attached hydrogens (tertiary/aromatic N) is 4. The number of fused-ring (bicyclic) bond motifs is 6. The number of halogens is 7. The highest BCUT2D eigenvalue weighted by atomic mass is 35.5. The summed E-state index contributed by atoms with van der Waals surface area (Å²) in [7, 11) is 0. The molecular formula is C28H27ClF6N6O6. The molecule has 12 nitrogen and oxygen atoms in total. The van der Waals surface area contributed by atoms with Crippen molar-refractivity contribution in [2.45, 2.75) is 31.7 Å². The fourth-order valence-electron chi connectivity index (χ4n) is 4.29. The summed E-state index contributed by atoms with van der Waals surface area (Å²) in [5.41, 5.74) is 5.59. The maximum atomic E-state index is 11.2. The Hall–Kier alpha value is -4.84. The van der Waals surface area contributed by atoms with Crippen LogP contribution < -0.4 is 10.6 Å². The van der Waals surface area contributed by atoms with Crippen LogP contribution in [0.2, 0.25) is 5.02 Å². The topological polar surface area (TPSA) is 168 Å². The van der Waals surface area contributed by atoms with Crippen molar-refractivity contribution in [2.75, 3.05) is 36.8 Å². The molecule has 47 heavy (non-hydrogen) atoms. The Bertz CT molecular complexity index is 1560. The molecule has 2 aliphatic rings. The maximum absolute atomic E-state index is 11.2. The van der Waals surface area contributed by atoms with Gasteiger partial charge in [-0.1, -0.05) is 29.8 Å². The lowest BCUT2D eigenvalue weighted by Crippen LogP contribution is -2.47. The van der Waals surface area contributed by atoms with Crippen molar-refractivity contribution in [3.05, 3.63) is 70.4 Å². The van der Waals surface area contributed by atoms with Crippen LogP contribution in [0.4, 0.5) is 54.3 Å². The maximum Gasteiger partial charge on any atom is 0.490 e. The number of benzene rings is 2. The molecule has 1 fully saturated rings. The zero-order chi connectivity index (χ0) is 34.9. The molecule has 19 heteroatoms. The number of aliphatic carboxylic acids is 2. The molecule has 3 aromatic rings. The van der Waals surface area contributed by atoms with Crippen LogP contribution in [0.3, 0.4) is 0 Å². The molecule has 0 aliphatic carbocycles. The highest BCUT2D eigenvalue weighted by Gasteiger charge is 2.38. The predicted octanol–water partition coefficient (Wildman–Crippen LogP) is 5.78. The average molecular weight is 693 g/mol. The molecule has 0 spiro atoms. The number of anilines is 4. The molecule has 3 heterocycles. The molecule has 5 N–H and O–H groups in total. The van der Waals surface area contributed by atoms with Crippen molar-refractivity contribution in [1.82, 2.24) is 19.8 Å². The largest absolute Gasteiger partial charge is 0.490 e. The Balaban J connectivity index is 0.000000360. The third-order valence-electron chi connectivity index (χ3n) is 6.60. The number of nitrogens with one attached hydrogen (secondary N) is 2. The molecule has 2 aliphatic heterocycles. The van der Waals surface area contributed by atoms with E-state index in [0.29, 0.717) is 29.9 Å². The number of carboxylic acids is 2. The first-order valence-electron chi connectivity index (χ1n) is 13.5. The molecule has 0 radical (unpaired) electrons. The molecule has 0 atom stereocenters. The molecule has 254 valence electrons. The van der Waals surface area contributed by atoms with E-state index < -0.39 is 30.4 Å². The monoisotopic (exact) mass is 692 g/mol. The first kappa shape index (κ1) is 36.6. The van der Waals surface area contributed by atoms with Gasteiger partial charge in [0.2, 0.25) is 5.95 Å². The van der Waals surface area contributed by atoms with Gasteiger partial charge < -0.3 is 30.9 Å². The summed E-state index contributed by atoms with van der Waals surface area (Å²) < 4.78 is 63.5. The smallest absolute Gasteiger partial charge is 0.475 e. The second-order valence-electron chi connectivity index (χ2n) is 9.98. The van der Waals surface area contributed by atoms with Crippen LogP contribution in [-0.4, -0.2) is 91.7 Å². The molecule has 6 bridgehead atoms. The minimum atomic E-state index is -5.08. The fraction of sp³-hybridized carbons (Fsp3) is 0.321. The number of carboxylic acid groups (broad SMARTS) is 3. The normalized spacial score (nSPS) is 14.6. The van der Waals surface area contributed by atoms with Crippen molar-refractivity contribution in [2.24, 2.45) is 0 Å². The number of aromatic nitrogens is 2. The van der Waals surface area contributed by atoms with Crippen molar-refractivity contribution < 1.29 is 56.0 Å². The Morgan fingerprint density at radius 2 is 1.43 bits per heavy atom. The Morgan fingerprint density at radius 1 is 0.830 bits per heavy atom. The standard InChI is InChI=1S/C24H25ClN6O2.2C2HF3O2/c25-21-14-26-23-28-19-3-1-2-16(12-19)4-5-17-13-20(27-22(21)29-23)7-6-18(17)15-30-8-10-31(11-9-30)24(32)33;2*3-2(4,5)1(6)7/h1-3,6-7,12-14H,4-5,8-11,15H2,(H,32,33)(H2,26,27,28,29);2*(H,6,7). The van der Waals surface area contributed by atoms with Gasteiger partial charge in [0, 0.05) is 44.1 Å². The van der Waals surface area contributed by atoms with Crippen LogP contribution in [0.25, 0.3) is 0 Å². The van der Waals surface area contributed by atoms with E-state index in [2.05, 4.69) is 49.8 Å². The third kappa shape index (κ3) is 11.5. The highest BCUT2D eigenvalue weighted by molar-refractivity contribution is 6.32. The summed E-state index contributed by atoms with van der Waals surface area (Å²) in [6, 6.07) is 14.6. The van der Waals surface area contributed by atoms with Crippen molar-refractivity contribution >= 4 is 52.8 Å². The number of hydrogen-bond acceptors (Lipinski definition) is 8. The minimum absolute atomic E-state index is 0.450. The zero-order valence-electron chi connectivity index (χ0n) is 24.1. The van der Waals surface area contributed by atoms with Gasteiger partial charge >= 0.3 is 30.4 Å². The minimum Gasteiger partial charge on any atom is -0.475 e.